The number of hydrogen-bond donors (Lipinski definition) is 4. The third kappa shape index (κ3) is 2.21. The molecule has 0 spiro atoms. The van der Waals surface area contributed by atoms with E-state index in [0.717, 1.165) is 17.1 Å². The lowest BCUT2D eigenvalue weighted by Gasteiger charge is -2.15. The molecule has 5 N–H and O–H groups in total. The molecule has 2 aromatic rings. The van der Waals surface area contributed by atoms with Crippen LogP contribution in [0.3, 0.4) is 0 Å². The van der Waals surface area contributed by atoms with Crippen LogP contribution >= 0.6 is 0 Å². The first-order valence-corrected chi connectivity index (χ1v) is 6.20. The number of aromatic nitrogens is 4. The first-order chi connectivity index (χ1) is 8.76. The van der Waals surface area contributed by atoms with Crippen LogP contribution in [0.5, 0.6) is 0 Å². The zero-order chi connectivity index (χ0) is 12.5. The van der Waals surface area contributed by atoms with E-state index >= 15 is 0 Å². The lowest BCUT2D eigenvalue weighted by molar-refractivity contribution is 0.641. The Labute approximate surface area is 105 Å². The highest BCUT2D eigenvalue weighted by Crippen LogP contribution is 2.34. The van der Waals surface area contributed by atoms with Crippen molar-refractivity contribution in [3.8, 4) is 0 Å². The van der Waals surface area contributed by atoms with Crippen LogP contribution in [0.25, 0.3) is 11.0 Å². The summed E-state index contributed by atoms with van der Waals surface area (Å²) in [6.45, 7) is 2.17. The Kier molecular flexibility index (Phi) is 2.75. The molecule has 2 aromatic heterocycles. The highest BCUT2D eigenvalue weighted by Gasteiger charge is 2.24. The zero-order valence-corrected chi connectivity index (χ0v) is 10.3. The van der Waals surface area contributed by atoms with Crippen molar-refractivity contribution in [1.82, 2.24) is 20.2 Å². The zero-order valence-electron chi connectivity index (χ0n) is 10.3. The predicted molar refractivity (Wildman–Crippen MR) is 69.9 cm³/mol. The van der Waals surface area contributed by atoms with E-state index in [-0.39, 0.29) is 0 Å². The average Bonchev–Trinajstić information content (AvgIpc) is 3.03. The second-order valence-corrected chi connectivity index (χ2v) is 4.90. The number of nitrogens with two attached hydrogens (primary N) is 1. The van der Waals surface area contributed by atoms with E-state index in [1.54, 1.807) is 6.20 Å². The van der Waals surface area contributed by atoms with Crippen molar-refractivity contribution in [3.05, 3.63) is 6.20 Å². The molecule has 0 radical (unpaired) electrons. The smallest absolute Gasteiger partial charge is 0.241 e. The monoisotopic (exact) mass is 247 g/mol. The lowest BCUT2D eigenvalue weighted by atomic mass is 10.1. The minimum Gasteiger partial charge on any atom is -0.367 e. The maximum absolute atomic E-state index is 5.36. The van der Waals surface area contributed by atoms with Crippen LogP contribution in [0.4, 0.5) is 11.8 Å². The Morgan fingerprint density at radius 3 is 3.06 bits per heavy atom. The third-order valence-corrected chi connectivity index (χ3v) is 3.21. The Hall–Kier alpha value is -1.89. The molecule has 0 amide bonds. The molecule has 2 heterocycles. The number of nitrogen functional groups attached to an aromatic ring is 1. The number of nitrogens with one attached hydrogen (secondary N) is 3. The summed E-state index contributed by atoms with van der Waals surface area (Å²) in [7, 11) is 0. The second-order valence-electron chi connectivity index (χ2n) is 4.90. The van der Waals surface area contributed by atoms with Crippen molar-refractivity contribution in [1.29, 1.82) is 0 Å². The fraction of sp³-hybridized carbons (Fsp3) is 0.545. The lowest BCUT2D eigenvalue weighted by Crippen LogP contribution is -2.18. The van der Waals surface area contributed by atoms with Crippen molar-refractivity contribution in [2.24, 2.45) is 11.8 Å². The summed E-state index contributed by atoms with van der Waals surface area (Å²) < 4.78 is 0. The minimum absolute atomic E-state index is 0.382. The van der Waals surface area contributed by atoms with E-state index in [0.29, 0.717) is 17.6 Å². The van der Waals surface area contributed by atoms with Gasteiger partial charge in [0, 0.05) is 6.04 Å². The van der Waals surface area contributed by atoms with Gasteiger partial charge in [0.2, 0.25) is 5.95 Å². The summed E-state index contributed by atoms with van der Waals surface area (Å²) in [5.41, 5.74) is 3.15. The first kappa shape index (κ1) is 11.2. The van der Waals surface area contributed by atoms with Crippen molar-refractivity contribution in [2.45, 2.75) is 32.2 Å². The number of nitrogens with zero attached hydrogens (tertiary/aromatic N) is 3. The molecule has 0 saturated heterocycles. The van der Waals surface area contributed by atoms with Gasteiger partial charge in [0.15, 0.2) is 5.65 Å². The van der Waals surface area contributed by atoms with E-state index in [1.807, 2.05) is 0 Å². The highest BCUT2D eigenvalue weighted by atomic mass is 15.3. The maximum Gasteiger partial charge on any atom is 0.241 e. The summed E-state index contributed by atoms with van der Waals surface area (Å²) in [6.07, 6.45) is 5.61. The van der Waals surface area contributed by atoms with E-state index < -0.39 is 0 Å². The molecule has 1 saturated carbocycles. The van der Waals surface area contributed by atoms with E-state index in [2.05, 4.69) is 37.8 Å². The Morgan fingerprint density at radius 2 is 2.33 bits per heavy atom. The van der Waals surface area contributed by atoms with Gasteiger partial charge in [-0.15, -0.1) is 0 Å². The van der Waals surface area contributed by atoms with Gasteiger partial charge in [-0.1, -0.05) is 12.8 Å². The molecule has 7 heteroatoms. The van der Waals surface area contributed by atoms with Gasteiger partial charge in [-0.05, 0) is 19.3 Å². The van der Waals surface area contributed by atoms with Gasteiger partial charge >= 0.3 is 0 Å². The van der Waals surface area contributed by atoms with Gasteiger partial charge in [0.25, 0.3) is 0 Å². The van der Waals surface area contributed by atoms with Crippen molar-refractivity contribution < 1.29 is 0 Å². The van der Waals surface area contributed by atoms with Crippen molar-refractivity contribution in [2.75, 3.05) is 10.7 Å². The number of H-pyrrole nitrogens is 1. The molecule has 18 heavy (non-hydrogen) atoms. The number of anilines is 2. The molecule has 1 atom stereocenters. The molecule has 0 bridgehead atoms. The largest absolute Gasteiger partial charge is 0.367 e. The second kappa shape index (κ2) is 4.41. The summed E-state index contributed by atoms with van der Waals surface area (Å²) in [5.74, 6) is 7.39. The fourth-order valence-corrected chi connectivity index (χ4v) is 2.16. The summed E-state index contributed by atoms with van der Waals surface area (Å²) >= 11 is 0. The van der Waals surface area contributed by atoms with E-state index in [9.17, 15) is 0 Å². The third-order valence-electron chi connectivity index (χ3n) is 3.21. The fourth-order valence-electron chi connectivity index (χ4n) is 2.16. The summed E-state index contributed by atoms with van der Waals surface area (Å²) in [6, 6.07) is 0.385. The molecule has 3 rings (SSSR count). The van der Waals surface area contributed by atoms with E-state index in [1.165, 1.54) is 19.3 Å². The topological polar surface area (TPSA) is 105 Å². The van der Waals surface area contributed by atoms with Crippen LogP contribution in [0, 0.1) is 5.92 Å². The molecule has 1 fully saturated rings. The van der Waals surface area contributed by atoms with Crippen LogP contribution in [0.15, 0.2) is 6.20 Å². The first-order valence-electron chi connectivity index (χ1n) is 6.20. The van der Waals surface area contributed by atoms with Crippen molar-refractivity contribution in [3.63, 3.8) is 0 Å². The van der Waals surface area contributed by atoms with Crippen LogP contribution in [0.2, 0.25) is 0 Å². The van der Waals surface area contributed by atoms with Crippen LogP contribution in [0.1, 0.15) is 26.2 Å². The molecule has 1 aliphatic rings. The maximum atomic E-state index is 5.36. The van der Waals surface area contributed by atoms with Gasteiger partial charge in [-0.25, -0.2) is 5.84 Å². The van der Waals surface area contributed by atoms with Crippen LogP contribution < -0.4 is 16.6 Å². The number of hydrazine groups is 1. The van der Waals surface area contributed by atoms with Crippen molar-refractivity contribution >= 4 is 22.8 Å². The summed E-state index contributed by atoms with van der Waals surface area (Å²) in [5, 5.41) is 11.1. The highest BCUT2D eigenvalue weighted by molar-refractivity contribution is 5.87. The number of hydrogen-bond acceptors (Lipinski definition) is 6. The van der Waals surface area contributed by atoms with Gasteiger partial charge in [-0.2, -0.15) is 15.1 Å². The molecule has 96 valence electrons. The van der Waals surface area contributed by atoms with E-state index in [4.69, 9.17) is 5.84 Å². The Morgan fingerprint density at radius 1 is 1.50 bits per heavy atom. The Balaban J connectivity index is 1.86. The normalized spacial score (nSPS) is 16.8. The van der Waals surface area contributed by atoms with Crippen LogP contribution in [-0.2, 0) is 0 Å². The number of aromatic amines is 1. The molecule has 7 nitrogen and oxygen atoms in total. The van der Waals surface area contributed by atoms with Gasteiger partial charge in [0.1, 0.15) is 5.82 Å². The SMILES string of the molecule is CC(CC1CC1)Nc1nc(NN)nc2[nH]ncc12. The number of fused-ring (bicyclic) bond motifs is 1. The summed E-state index contributed by atoms with van der Waals surface area (Å²) in [4.78, 5) is 8.53. The van der Waals surface area contributed by atoms with Crippen LogP contribution in [-0.4, -0.2) is 26.2 Å². The van der Waals surface area contributed by atoms with Gasteiger partial charge < -0.3 is 5.32 Å². The molecule has 1 unspecified atom stereocenters. The number of rotatable bonds is 5. The standard InChI is InChI=1S/C11H17N7/c1-6(4-7-2-3-7)14-9-8-5-13-18-10(8)16-11(15-9)17-12/h5-7H,2-4,12H2,1H3,(H3,13,14,15,16,17,18). The molecule has 0 aliphatic heterocycles. The van der Waals surface area contributed by atoms with Gasteiger partial charge in [-0.3, -0.25) is 10.5 Å². The molecule has 1 aliphatic carbocycles. The Bertz CT molecular complexity index is 545. The average molecular weight is 247 g/mol. The molecule has 0 aromatic carbocycles. The quantitative estimate of drug-likeness (QED) is 0.468. The predicted octanol–water partition coefficient (Wildman–Crippen LogP) is 1.24. The minimum atomic E-state index is 0.382. The molecular formula is C11H17N7. The van der Waals surface area contributed by atoms with Gasteiger partial charge in [0.05, 0.1) is 11.6 Å². The molecular weight excluding hydrogens is 230 g/mol.